The summed E-state index contributed by atoms with van der Waals surface area (Å²) in [6, 6.07) is 8.24. The zero-order valence-corrected chi connectivity index (χ0v) is 13.2. The van der Waals surface area contributed by atoms with Gasteiger partial charge in [0.1, 0.15) is 18.0 Å². The van der Waals surface area contributed by atoms with Crippen LogP contribution in [-0.4, -0.2) is 17.0 Å². The van der Waals surface area contributed by atoms with Gasteiger partial charge in [0.15, 0.2) is 0 Å². The maximum atomic E-state index is 5.50. The predicted molar refractivity (Wildman–Crippen MR) is 85.5 cm³/mol. The van der Waals surface area contributed by atoms with Crippen molar-refractivity contribution in [2.24, 2.45) is 5.84 Å². The number of anilines is 2. The first-order valence-corrected chi connectivity index (χ1v) is 7.21. The van der Waals surface area contributed by atoms with Gasteiger partial charge in [-0.3, -0.25) is 0 Å². The van der Waals surface area contributed by atoms with Gasteiger partial charge in [0.05, 0.1) is 0 Å². The highest BCUT2D eigenvalue weighted by Crippen LogP contribution is 2.24. The molecule has 0 saturated heterocycles. The average molecular weight is 336 g/mol. The molecule has 2 rings (SSSR count). The molecule has 6 heteroatoms. The van der Waals surface area contributed by atoms with Gasteiger partial charge in [-0.15, -0.1) is 0 Å². The molecule has 0 fully saturated rings. The normalized spacial score (nSPS) is 10.4. The summed E-state index contributed by atoms with van der Waals surface area (Å²) in [7, 11) is 2.02. The molecule has 1 aromatic heterocycles. The third-order valence-corrected chi connectivity index (χ3v) is 3.58. The molecule has 0 aliphatic rings. The van der Waals surface area contributed by atoms with E-state index in [0.717, 1.165) is 28.8 Å². The van der Waals surface area contributed by atoms with Crippen molar-refractivity contribution in [1.82, 2.24) is 9.97 Å². The number of hydrogen-bond acceptors (Lipinski definition) is 5. The van der Waals surface area contributed by atoms with Crippen molar-refractivity contribution >= 4 is 27.6 Å². The van der Waals surface area contributed by atoms with Crippen LogP contribution in [-0.2, 0) is 13.0 Å². The third kappa shape index (κ3) is 3.26. The zero-order valence-electron chi connectivity index (χ0n) is 11.6. The molecule has 1 heterocycles. The van der Waals surface area contributed by atoms with Crippen molar-refractivity contribution in [1.29, 1.82) is 0 Å². The van der Waals surface area contributed by atoms with Gasteiger partial charge in [-0.05, 0) is 24.1 Å². The van der Waals surface area contributed by atoms with E-state index in [-0.39, 0.29) is 0 Å². The number of hydrazine groups is 1. The molecule has 5 nitrogen and oxygen atoms in total. The molecule has 0 aliphatic carbocycles. The van der Waals surface area contributed by atoms with Gasteiger partial charge in [0.25, 0.3) is 0 Å². The molecule has 0 amide bonds. The molecule has 0 saturated carbocycles. The number of nitrogens with zero attached hydrogens (tertiary/aromatic N) is 3. The summed E-state index contributed by atoms with van der Waals surface area (Å²) in [5.74, 6) is 7.08. The van der Waals surface area contributed by atoms with Gasteiger partial charge in [0.2, 0.25) is 0 Å². The van der Waals surface area contributed by atoms with Crippen LogP contribution in [0.25, 0.3) is 0 Å². The van der Waals surface area contributed by atoms with E-state index in [2.05, 4.69) is 55.3 Å². The van der Waals surface area contributed by atoms with Gasteiger partial charge < -0.3 is 10.3 Å². The minimum absolute atomic E-state index is 0.679. The first-order valence-electron chi connectivity index (χ1n) is 6.41. The summed E-state index contributed by atoms with van der Waals surface area (Å²) in [6.45, 7) is 2.84. The fourth-order valence-electron chi connectivity index (χ4n) is 2.17. The summed E-state index contributed by atoms with van der Waals surface area (Å²) in [4.78, 5) is 10.6. The van der Waals surface area contributed by atoms with Crippen molar-refractivity contribution in [2.75, 3.05) is 17.4 Å². The lowest BCUT2D eigenvalue weighted by atomic mass is 10.2. The van der Waals surface area contributed by atoms with Gasteiger partial charge >= 0.3 is 0 Å². The highest BCUT2D eigenvalue weighted by Gasteiger charge is 2.13. The molecule has 106 valence electrons. The monoisotopic (exact) mass is 335 g/mol. The Bertz CT molecular complexity index is 588. The Morgan fingerprint density at radius 1 is 1.35 bits per heavy atom. The van der Waals surface area contributed by atoms with Gasteiger partial charge in [-0.1, -0.05) is 35.0 Å². The fraction of sp³-hybridized carbons (Fsp3) is 0.286. The van der Waals surface area contributed by atoms with E-state index in [1.165, 1.54) is 11.9 Å². The first kappa shape index (κ1) is 14.7. The lowest BCUT2D eigenvalue weighted by molar-refractivity contribution is 0.870. The average Bonchev–Trinajstić information content (AvgIpc) is 2.46. The molecule has 0 unspecified atom stereocenters. The SMILES string of the molecule is CCc1c(NN)ncnc1N(C)Cc1cccc(Br)c1. The van der Waals surface area contributed by atoms with Crippen molar-refractivity contribution in [3.63, 3.8) is 0 Å². The number of halogens is 1. The maximum Gasteiger partial charge on any atom is 0.148 e. The topological polar surface area (TPSA) is 67.1 Å². The minimum Gasteiger partial charge on any atom is -0.355 e. The van der Waals surface area contributed by atoms with Gasteiger partial charge in [0, 0.05) is 23.6 Å². The van der Waals surface area contributed by atoms with E-state index < -0.39 is 0 Å². The molecular formula is C14H18BrN5. The van der Waals surface area contributed by atoms with E-state index in [9.17, 15) is 0 Å². The minimum atomic E-state index is 0.679. The summed E-state index contributed by atoms with van der Waals surface area (Å²) in [5, 5.41) is 0. The quantitative estimate of drug-likeness (QED) is 0.649. The summed E-state index contributed by atoms with van der Waals surface area (Å²) >= 11 is 3.49. The van der Waals surface area contributed by atoms with Crippen LogP contribution >= 0.6 is 15.9 Å². The predicted octanol–water partition coefficient (Wildman–Crippen LogP) is 2.72. The fourth-order valence-corrected chi connectivity index (χ4v) is 2.61. The van der Waals surface area contributed by atoms with Gasteiger partial charge in [-0.2, -0.15) is 0 Å². The van der Waals surface area contributed by atoms with E-state index in [4.69, 9.17) is 5.84 Å². The molecule has 0 atom stereocenters. The van der Waals surface area contributed by atoms with Gasteiger partial charge in [-0.25, -0.2) is 15.8 Å². The highest BCUT2D eigenvalue weighted by molar-refractivity contribution is 9.10. The van der Waals surface area contributed by atoms with Crippen molar-refractivity contribution in [2.45, 2.75) is 19.9 Å². The second-order valence-electron chi connectivity index (χ2n) is 4.51. The number of aromatic nitrogens is 2. The van der Waals surface area contributed by atoms with Crippen LogP contribution in [0.3, 0.4) is 0 Å². The smallest absolute Gasteiger partial charge is 0.148 e. The van der Waals surface area contributed by atoms with Crippen molar-refractivity contribution < 1.29 is 0 Å². The number of nitrogens with two attached hydrogens (primary N) is 1. The number of nitrogens with one attached hydrogen (secondary N) is 1. The standard InChI is InChI=1S/C14H18BrN5/c1-3-12-13(19-16)17-9-18-14(12)20(2)8-10-5-4-6-11(15)7-10/h4-7,9H,3,8,16H2,1-2H3,(H,17,18,19). The largest absolute Gasteiger partial charge is 0.355 e. The molecule has 0 aliphatic heterocycles. The van der Waals surface area contributed by atoms with Crippen LogP contribution in [0.5, 0.6) is 0 Å². The Morgan fingerprint density at radius 3 is 2.80 bits per heavy atom. The summed E-state index contributed by atoms with van der Waals surface area (Å²) in [5.41, 5.74) is 4.86. The second kappa shape index (κ2) is 6.67. The van der Waals surface area contributed by atoms with E-state index >= 15 is 0 Å². The Kier molecular flexibility index (Phi) is 4.92. The van der Waals surface area contributed by atoms with Crippen LogP contribution in [0, 0.1) is 0 Å². The maximum absolute atomic E-state index is 5.50. The van der Waals surface area contributed by atoms with Crippen LogP contribution in [0.1, 0.15) is 18.1 Å². The van der Waals surface area contributed by atoms with Crippen LogP contribution < -0.4 is 16.2 Å². The molecule has 2 aromatic rings. The molecular weight excluding hydrogens is 318 g/mol. The molecule has 0 spiro atoms. The molecule has 1 aromatic carbocycles. The van der Waals surface area contributed by atoms with Crippen molar-refractivity contribution in [3.8, 4) is 0 Å². The Morgan fingerprint density at radius 2 is 2.15 bits per heavy atom. The second-order valence-corrected chi connectivity index (χ2v) is 5.42. The molecule has 3 N–H and O–H groups in total. The van der Waals surface area contributed by atoms with E-state index in [1.54, 1.807) is 0 Å². The lowest BCUT2D eigenvalue weighted by Gasteiger charge is -2.22. The van der Waals surface area contributed by atoms with Crippen LogP contribution in [0.2, 0.25) is 0 Å². The molecule has 0 bridgehead atoms. The number of nitrogen functional groups attached to an aromatic ring is 1. The molecule has 20 heavy (non-hydrogen) atoms. The van der Waals surface area contributed by atoms with E-state index in [1.807, 2.05) is 19.2 Å². The first-order chi connectivity index (χ1) is 9.65. The Balaban J connectivity index is 2.27. The lowest BCUT2D eigenvalue weighted by Crippen LogP contribution is -2.21. The summed E-state index contributed by atoms with van der Waals surface area (Å²) < 4.78 is 1.08. The summed E-state index contributed by atoms with van der Waals surface area (Å²) in [6.07, 6.45) is 2.35. The van der Waals surface area contributed by atoms with Crippen LogP contribution in [0.4, 0.5) is 11.6 Å². The number of benzene rings is 1. The Labute approximate surface area is 127 Å². The van der Waals surface area contributed by atoms with Crippen LogP contribution in [0.15, 0.2) is 35.1 Å². The highest BCUT2D eigenvalue weighted by atomic mass is 79.9. The zero-order chi connectivity index (χ0) is 14.5. The number of rotatable bonds is 5. The van der Waals surface area contributed by atoms with Crippen molar-refractivity contribution in [3.05, 3.63) is 46.2 Å². The third-order valence-electron chi connectivity index (χ3n) is 3.08. The molecule has 0 radical (unpaired) electrons. The van der Waals surface area contributed by atoms with E-state index in [0.29, 0.717) is 5.82 Å². The Hall–Kier alpha value is -1.66. The number of hydrogen-bond donors (Lipinski definition) is 2.